The number of thioether (sulfide) groups is 1. The molecule has 4 nitrogen and oxygen atoms in total. The molecule has 1 aromatic rings. The molecule has 0 unspecified atom stereocenters. The van der Waals surface area contributed by atoms with Crippen molar-refractivity contribution >= 4 is 29.1 Å². The fourth-order valence-corrected chi connectivity index (χ4v) is 2.88. The highest BCUT2D eigenvalue weighted by molar-refractivity contribution is 8.00. The normalized spacial score (nSPS) is 15.2. The lowest BCUT2D eigenvalue weighted by atomic mass is 10.1. The third-order valence-electron chi connectivity index (χ3n) is 3.25. The van der Waals surface area contributed by atoms with Crippen molar-refractivity contribution < 1.29 is 9.63 Å². The van der Waals surface area contributed by atoms with Crippen LogP contribution in [-0.4, -0.2) is 31.0 Å². The Morgan fingerprint density at radius 3 is 3.05 bits per heavy atom. The lowest BCUT2D eigenvalue weighted by Crippen LogP contribution is -2.31. The van der Waals surface area contributed by atoms with Gasteiger partial charge >= 0.3 is 0 Å². The number of oxime groups is 1. The first-order valence-corrected chi connectivity index (χ1v) is 7.82. The minimum Gasteiger partial charge on any atom is -0.396 e. The van der Waals surface area contributed by atoms with E-state index in [1.54, 1.807) is 16.7 Å². The Labute approximate surface area is 124 Å². The molecule has 108 valence electrons. The zero-order valence-electron chi connectivity index (χ0n) is 12.2. The summed E-state index contributed by atoms with van der Waals surface area (Å²) in [5.41, 5.74) is 2.77. The minimum absolute atomic E-state index is 0.133. The van der Waals surface area contributed by atoms with Gasteiger partial charge in [-0.2, -0.15) is 0 Å². The highest BCUT2D eigenvalue weighted by Gasteiger charge is 2.21. The molecule has 1 aliphatic rings. The predicted molar refractivity (Wildman–Crippen MR) is 83.6 cm³/mol. The molecule has 0 aromatic heterocycles. The molecule has 20 heavy (non-hydrogen) atoms. The number of nitrogens with zero attached hydrogens (tertiary/aromatic N) is 2. The predicted octanol–water partition coefficient (Wildman–Crippen LogP) is 3.30. The van der Waals surface area contributed by atoms with E-state index < -0.39 is 0 Å². The summed E-state index contributed by atoms with van der Waals surface area (Å²) in [6, 6.07) is 6.07. The minimum atomic E-state index is 0.133. The van der Waals surface area contributed by atoms with Gasteiger partial charge in [-0.3, -0.25) is 4.79 Å². The van der Waals surface area contributed by atoms with Crippen molar-refractivity contribution in [2.45, 2.75) is 31.6 Å². The van der Waals surface area contributed by atoms with Crippen LogP contribution in [0.15, 0.2) is 28.3 Å². The van der Waals surface area contributed by atoms with Crippen molar-refractivity contribution in [1.82, 2.24) is 0 Å². The van der Waals surface area contributed by atoms with Gasteiger partial charge in [-0.25, -0.2) is 0 Å². The van der Waals surface area contributed by atoms with Crippen LogP contribution in [0.25, 0.3) is 0 Å². The van der Waals surface area contributed by atoms with Gasteiger partial charge in [0.25, 0.3) is 0 Å². The summed E-state index contributed by atoms with van der Waals surface area (Å²) < 4.78 is 0. The second-order valence-corrected chi connectivity index (χ2v) is 5.80. The maximum Gasteiger partial charge on any atom is 0.237 e. The monoisotopic (exact) mass is 292 g/mol. The largest absolute Gasteiger partial charge is 0.396 e. The SMILES string of the molecule is CCCCO/N=C(\C)c1ccc2c(c1)N(C)C(=O)CS2. The van der Waals surface area contributed by atoms with Gasteiger partial charge in [-0.05, 0) is 25.5 Å². The molecule has 1 aliphatic heterocycles. The molecule has 0 fully saturated rings. The van der Waals surface area contributed by atoms with Crippen molar-refractivity contribution in [2.75, 3.05) is 24.3 Å². The Bertz CT molecular complexity index is 529. The van der Waals surface area contributed by atoms with E-state index in [2.05, 4.69) is 12.1 Å². The summed E-state index contributed by atoms with van der Waals surface area (Å²) in [4.78, 5) is 19.9. The highest BCUT2D eigenvalue weighted by Crippen LogP contribution is 2.35. The Morgan fingerprint density at radius 1 is 1.50 bits per heavy atom. The van der Waals surface area contributed by atoms with Crippen molar-refractivity contribution in [2.24, 2.45) is 5.16 Å². The fraction of sp³-hybridized carbons (Fsp3) is 0.467. The third-order valence-corrected chi connectivity index (χ3v) is 4.30. The first-order valence-electron chi connectivity index (χ1n) is 6.83. The first kappa shape index (κ1) is 14.9. The smallest absolute Gasteiger partial charge is 0.237 e. The van der Waals surface area contributed by atoms with E-state index in [0.717, 1.165) is 34.7 Å². The molecule has 0 spiro atoms. The van der Waals surface area contributed by atoms with Crippen LogP contribution in [-0.2, 0) is 9.63 Å². The molecule has 0 bridgehead atoms. The zero-order valence-corrected chi connectivity index (χ0v) is 13.0. The van der Waals surface area contributed by atoms with Crippen molar-refractivity contribution in [1.29, 1.82) is 0 Å². The lowest BCUT2D eigenvalue weighted by Gasteiger charge is -2.25. The van der Waals surface area contributed by atoms with E-state index in [4.69, 9.17) is 4.84 Å². The lowest BCUT2D eigenvalue weighted by molar-refractivity contribution is -0.116. The van der Waals surface area contributed by atoms with Crippen LogP contribution in [0.2, 0.25) is 0 Å². The molecule has 0 atom stereocenters. The number of amides is 1. The van der Waals surface area contributed by atoms with E-state index in [0.29, 0.717) is 12.4 Å². The summed E-state index contributed by atoms with van der Waals surface area (Å²) in [6.07, 6.45) is 2.10. The van der Waals surface area contributed by atoms with Gasteiger partial charge < -0.3 is 9.74 Å². The average molecular weight is 292 g/mol. The van der Waals surface area contributed by atoms with Crippen LogP contribution in [0, 0.1) is 0 Å². The van der Waals surface area contributed by atoms with Crippen LogP contribution in [0.1, 0.15) is 32.3 Å². The second kappa shape index (κ2) is 6.79. The van der Waals surface area contributed by atoms with Gasteiger partial charge in [0.2, 0.25) is 5.91 Å². The third kappa shape index (κ3) is 3.33. The molecule has 0 N–H and O–H groups in total. The van der Waals surface area contributed by atoms with Crippen LogP contribution in [0.4, 0.5) is 5.69 Å². The molecule has 1 aromatic carbocycles. The van der Waals surface area contributed by atoms with Crippen molar-refractivity contribution in [3.8, 4) is 0 Å². The number of hydrogen-bond acceptors (Lipinski definition) is 4. The number of rotatable bonds is 5. The average Bonchev–Trinajstić information content (AvgIpc) is 2.47. The number of fused-ring (bicyclic) bond motifs is 1. The van der Waals surface area contributed by atoms with Gasteiger partial charge in [-0.1, -0.05) is 24.6 Å². The van der Waals surface area contributed by atoms with Gasteiger partial charge in [-0.15, -0.1) is 11.8 Å². The summed E-state index contributed by atoms with van der Waals surface area (Å²) in [7, 11) is 1.81. The van der Waals surface area contributed by atoms with E-state index in [1.807, 2.05) is 32.2 Å². The summed E-state index contributed by atoms with van der Waals surface area (Å²) in [6.45, 7) is 4.69. The van der Waals surface area contributed by atoms with Crippen LogP contribution >= 0.6 is 11.8 Å². The summed E-state index contributed by atoms with van der Waals surface area (Å²) >= 11 is 1.58. The van der Waals surface area contributed by atoms with E-state index in [9.17, 15) is 4.79 Å². The molecular weight excluding hydrogens is 272 g/mol. The molecule has 5 heteroatoms. The molecule has 0 aliphatic carbocycles. The second-order valence-electron chi connectivity index (χ2n) is 4.79. The van der Waals surface area contributed by atoms with Crippen LogP contribution < -0.4 is 4.90 Å². The Hall–Kier alpha value is -1.49. The molecule has 0 radical (unpaired) electrons. The van der Waals surface area contributed by atoms with E-state index in [-0.39, 0.29) is 5.91 Å². The highest BCUT2D eigenvalue weighted by atomic mass is 32.2. The van der Waals surface area contributed by atoms with E-state index >= 15 is 0 Å². The van der Waals surface area contributed by atoms with Gasteiger partial charge in [0, 0.05) is 17.5 Å². The molecule has 0 saturated carbocycles. The maximum absolute atomic E-state index is 11.7. The summed E-state index contributed by atoms with van der Waals surface area (Å²) in [5, 5.41) is 4.13. The number of hydrogen-bond donors (Lipinski definition) is 0. The molecule has 1 heterocycles. The van der Waals surface area contributed by atoms with E-state index in [1.165, 1.54) is 0 Å². The number of benzene rings is 1. The Balaban J connectivity index is 2.16. The van der Waals surface area contributed by atoms with Gasteiger partial charge in [0.05, 0.1) is 17.2 Å². The summed E-state index contributed by atoms with van der Waals surface area (Å²) in [5.74, 6) is 0.643. The number of carbonyl (C=O) groups excluding carboxylic acids is 1. The molecule has 2 rings (SSSR count). The van der Waals surface area contributed by atoms with Gasteiger partial charge in [0.15, 0.2) is 0 Å². The van der Waals surface area contributed by atoms with Crippen molar-refractivity contribution in [3.05, 3.63) is 23.8 Å². The Morgan fingerprint density at radius 2 is 2.30 bits per heavy atom. The number of unbranched alkanes of at least 4 members (excludes halogenated alkanes) is 1. The standard InChI is InChI=1S/C15H20N2O2S/c1-4-5-8-19-16-11(2)12-6-7-14-13(9-12)17(3)15(18)10-20-14/h6-7,9H,4-5,8,10H2,1-3H3/b16-11+. The van der Waals surface area contributed by atoms with Crippen molar-refractivity contribution in [3.63, 3.8) is 0 Å². The fourth-order valence-electron chi connectivity index (χ4n) is 1.90. The molecular formula is C15H20N2O2S. The maximum atomic E-state index is 11.7. The quantitative estimate of drug-likeness (QED) is 0.475. The first-order chi connectivity index (χ1) is 9.63. The molecule has 0 saturated heterocycles. The van der Waals surface area contributed by atoms with Gasteiger partial charge in [0.1, 0.15) is 6.61 Å². The topological polar surface area (TPSA) is 41.9 Å². The number of carbonyl (C=O) groups is 1. The molecule has 1 amide bonds. The Kier molecular flexibility index (Phi) is 5.06. The van der Waals surface area contributed by atoms with Crippen LogP contribution in [0.3, 0.4) is 0 Å². The van der Waals surface area contributed by atoms with Crippen LogP contribution in [0.5, 0.6) is 0 Å². The zero-order chi connectivity index (χ0) is 14.5. The number of anilines is 1.